The molecule has 0 aliphatic carbocycles. The molecule has 0 saturated carbocycles. The van der Waals surface area contributed by atoms with Crippen LogP contribution in [0.3, 0.4) is 0 Å². The quantitative estimate of drug-likeness (QED) is 0.631. The Morgan fingerprint density at radius 1 is 0.885 bits per heavy atom. The van der Waals surface area contributed by atoms with E-state index in [1.807, 2.05) is 32.0 Å². The van der Waals surface area contributed by atoms with Crippen molar-refractivity contribution in [3.05, 3.63) is 70.8 Å². The smallest absolute Gasteiger partial charge is 0.251 e. The van der Waals surface area contributed by atoms with Crippen LogP contribution in [0.1, 0.15) is 35.3 Å². The first-order valence-electron chi connectivity index (χ1n) is 8.25. The predicted molar refractivity (Wildman–Crippen MR) is 103 cm³/mol. The summed E-state index contributed by atoms with van der Waals surface area (Å²) in [7, 11) is 0. The summed E-state index contributed by atoms with van der Waals surface area (Å²) in [5, 5.41) is 5.47. The molecule has 0 spiro atoms. The Kier molecular flexibility index (Phi) is 6.07. The van der Waals surface area contributed by atoms with Crippen LogP contribution in [0.2, 0.25) is 0 Å². The van der Waals surface area contributed by atoms with Crippen LogP contribution in [0.4, 0.5) is 11.4 Å². The highest BCUT2D eigenvalue weighted by atomic mass is 16.2. The number of hydrogen-bond donors (Lipinski definition) is 2. The van der Waals surface area contributed by atoms with Gasteiger partial charge in [-0.1, -0.05) is 17.7 Å². The first-order chi connectivity index (χ1) is 12.3. The maximum Gasteiger partial charge on any atom is 0.251 e. The molecule has 0 aliphatic rings. The van der Waals surface area contributed by atoms with Gasteiger partial charge in [0, 0.05) is 28.6 Å². The fraction of sp³-hybridized carbons (Fsp3) is 0.190. The second-order valence-corrected chi connectivity index (χ2v) is 6.22. The number of amides is 2. The van der Waals surface area contributed by atoms with E-state index in [1.54, 1.807) is 31.2 Å². The molecule has 2 amide bonds. The molecule has 0 radical (unpaired) electrons. The molecular weight excluding hydrogens is 328 g/mol. The zero-order chi connectivity index (χ0) is 19.3. The summed E-state index contributed by atoms with van der Waals surface area (Å²) < 4.78 is 0. The van der Waals surface area contributed by atoms with Gasteiger partial charge >= 0.3 is 0 Å². The van der Waals surface area contributed by atoms with Crippen molar-refractivity contribution >= 4 is 29.0 Å². The predicted octanol–water partition coefficient (Wildman–Crippen LogP) is 4.03. The first-order valence-corrected chi connectivity index (χ1v) is 8.25. The van der Waals surface area contributed by atoms with Gasteiger partial charge < -0.3 is 10.6 Å². The van der Waals surface area contributed by atoms with Gasteiger partial charge in [-0.3, -0.25) is 14.4 Å². The molecule has 2 aromatic carbocycles. The number of carbonyl (C=O) groups is 3. The van der Waals surface area contributed by atoms with Gasteiger partial charge in [0.2, 0.25) is 5.91 Å². The van der Waals surface area contributed by atoms with Crippen molar-refractivity contribution in [1.82, 2.24) is 0 Å². The normalized spacial score (nSPS) is 11.0. The Hall–Kier alpha value is -3.21. The Morgan fingerprint density at radius 3 is 2.12 bits per heavy atom. The zero-order valence-corrected chi connectivity index (χ0v) is 15.3. The second kappa shape index (κ2) is 8.25. The molecule has 2 N–H and O–H groups in total. The molecule has 2 rings (SSSR count). The van der Waals surface area contributed by atoms with Crippen molar-refractivity contribution in [2.24, 2.45) is 0 Å². The molecule has 26 heavy (non-hydrogen) atoms. The fourth-order valence-corrected chi connectivity index (χ4v) is 2.40. The number of aryl methyl sites for hydroxylation is 2. The minimum Gasteiger partial charge on any atom is -0.323 e. The number of ketones is 1. The second-order valence-electron chi connectivity index (χ2n) is 6.22. The monoisotopic (exact) mass is 350 g/mol. The molecule has 0 unspecified atom stereocenters. The molecule has 0 heterocycles. The van der Waals surface area contributed by atoms with E-state index >= 15 is 0 Å². The number of benzene rings is 2. The van der Waals surface area contributed by atoms with E-state index in [9.17, 15) is 14.4 Å². The minimum absolute atomic E-state index is 0.0401. The van der Waals surface area contributed by atoms with Gasteiger partial charge in [-0.25, -0.2) is 0 Å². The van der Waals surface area contributed by atoms with Gasteiger partial charge in [-0.15, -0.1) is 0 Å². The van der Waals surface area contributed by atoms with Crippen molar-refractivity contribution in [2.75, 3.05) is 10.6 Å². The molecule has 5 heteroatoms. The van der Waals surface area contributed by atoms with Crippen LogP contribution in [-0.2, 0) is 9.59 Å². The van der Waals surface area contributed by atoms with Crippen molar-refractivity contribution in [1.29, 1.82) is 0 Å². The Bertz CT molecular complexity index is 881. The Balaban J connectivity index is 2.01. The highest BCUT2D eigenvalue weighted by molar-refractivity contribution is 6.10. The van der Waals surface area contributed by atoms with E-state index < -0.39 is 5.91 Å². The van der Waals surface area contributed by atoms with Gasteiger partial charge in [-0.05, 0) is 63.6 Å². The highest BCUT2D eigenvalue weighted by Gasteiger charge is 2.09. The van der Waals surface area contributed by atoms with E-state index in [-0.39, 0.29) is 11.7 Å². The lowest BCUT2D eigenvalue weighted by Crippen LogP contribution is -2.16. The van der Waals surface area contributed by atoms with Gasteiger partial charge in [0.15, 0.2) is 5.78 Å². The van der Waals surface area contributed by atoms with Crippen molar-refractivity contribution < 1.29 is 14.4 Å². The number of nitrogens with one attached hydrogen (secondary N) is 2. The average molecular weight is 350 g/mol. The van der Waals surface area contributed by atoms with Crippen LogP contribution >= 0.6 is 0 Å². The number of carbonyl (C=O) groups excluding carboxylic acids is 3. The maximum absolute atomic E-state index is 12.3. The van der Waals surface area contributed by atoms with Crippen LogP contribution in [0.5, 0.6) is 0 Å². The highest BCUT2D eigenvalue weighted by Crippen LogP contribution is 2.17. The maximum atomic E-state index is 12.3. The zero-order valence-electron chi connectivity index (χ0n) is 15.3. The third-order valence-corrected chi connectivity index (χ3v) is 3.89. The topological polar surface area (TPSA) is 75.3 Å². The summed E-state index contributed by atoms with van der Waals surface area (Å²) in [6.45, 7) is 6.96. The summed E-state index contributed by atoms with van der Waals surface area (Å²) in [5.74, 6) is -0.783. The SMILES string of the molecule is CC(=O)c1ccc(NC(=O)/C=C(/C)C(=O)Nc2ccc(C)cc2C)cc1. The third-order valence-electron chi connectivity index (χ3n) is 3.89. The molecule has 0 bridgehead atoms. The van der Waals surface area contributed by atoms with Crippen molar-refractivity contribution in [3.63, 3.8) is 0 Å². The van der Waals surface area contributed by atoms with Gasteiger partial charge in [-0.2, -0.15) is 0 Å². The van der Waals surface area contributed by atoms with E-state index in [0.717, 1.165) is 11.1 Å². The molecule has 0 fully saturated rings. The molecule has 0 atom stereocenters. The summed E-state index contributed by atoms with van der Waals surface area (Å²) in [6, 6.07) is 12.3. The molecule has 0 saturated heterocycles. The summed E-state index contributed by atoms with van der Waals surface area (Å²) in [6.07, 6.45) is 1.25. The number of Topliss-reactive ketones (excluding diaryl/α,β-unsaturated/α-hetero) is 1. The average Bonchev–Trinajstić information content (AvgIpc) is 2.57. The number of anilines is 2. The van der Waals surface area contributed by atoms with Gasteiger partial charge in [0.25, 0.3) is 5.91 Å². The van der Waals surface area contributed by atoms with E-state index in [4.69, 9.17) is 0 Å². The lowest BCUT2D eigenvalue weighted by Gasteiger charge is -2.09. The van der Waals surface area contributed by atoms with E-state index in [0.29, 0.717) is 22.5 Å². The molecule has 0 aromatic heterocycles. The van der Waals surface area contributed by atoms with Crippen LogP contribution in [0, 0.1) is 13.8 Å². The van der Waals surface area contributed by atoms with Crippen LogP contribution in [-0.4, -0.2) is 17.6 Å². The van der Waals surface area contributed by atoms with Crippen LogP contribution < -0.4 is 10.6 Å². The fourth-order valence-electron chi connectivity index (χ4n) is 2.40. The molecule has 5 nitrogen and oxygen atoms in total. The largest absolute Gasteiger partial charge is 0.323 e. The standard InChI is InChI=1S/C21H22N2O3/c1-13-5-10-19(14(2)11-13)23-21(26)15(3)12-20(25)22-18-8-6-17(7-9-18)16(4)24/h5-12H,1-4H3,(H,22,25)(H,23,26)/b15-12-. The lowest BCUT2D eigenvalue weighted by atomic mass is 10.1. The Morgan fingerprint density at radius 2 is 1.54 bits per heavy atom. The van der Waals surface area contributed by atoms with Crippen LogP contribution in [0.25, 0.3) is 0 Å². The third kappa shape index (κ3) is 5.14. The summed E-state index contributed by atoms with van der Waals surface area (Å²) in [4.78, 5) is 35.6. The molecule has 2 aromatic rings. The van der Waals surface area contributed by atoms with Crippen molar-refractivity contribution in [2.45, 2.75) is 27.7 Å². The van der Waals surface area contributed by atoms with E-state index in [1.165, 1.54) is 13.0 Å². The summed E-state index contributed by atoms with van der Waals surface area (Å²) in [5.41, 5.74) is 4.21. The van der Waals surface area contributed by atoms with E-state index in [2.05, 4.69) is 10.6 Å². The summed E-state index contributed by atoms with van der Waals surface area (Å²) >= 11 is 0. The lowest BCUT2D eigenvalue weighted by molar-refractivity contribution is -0.114. The van der Waals surface area contributed by atoms with Gasteiger partial charge in [0.1, 0.15) is 0 Å². The van der Waals surface area contributed by atoms with Crippen LogP contribution in [0.15, 0.2) is 54.1 Å². The molecule has 0 aliphatic heterocycles. The molecular formula is C21H22N2O3. The van der Waals surface area contributed by atoms with Gasteiger partial charge in [0.05, 0.1) is 0 Å². The first kappa shape index (κ1) is 19.1. The number of hydrogen-bond acceptors (Lipinski definition) is 3. The number of rotatable bonds is 5. The Labute approximate surface area is 153 Å². The minimum atomic E-state index is -0.408. The van der Waals surface area contributed by atoms with Crippen molar-refractivity contribution in [3.8, 4) is 0 Å². The molecule has 134 valence electrons.